The molecule has 0 radical (unpaired) electrons. The van der Waals surface area contributed by atoms with Crippen molar-refractivity contribution < 1.29 is 16.8 Å². The number of nitrogens with zero attached hydrogens (tertiary/aromatic N) is 2. The Morgan fingerprint density at radius 3 is 1.34 bits per heavy atom. The Morgan fingerprint density at radius 2 is 1.00 bits per heavy atom. The molecule has 1 heterocycles. The highest BCUT2D eigenvalue weighted by atomic mass is 32.2. The van der Waals surface area contributed by atoms with Gasteiger partial charge in [-0.15, -0.1) is 0 Å². The number of rotatable bonds is 4. The van der Waals surface area contributed by atoms with E-state index in [0.29, 0.717) is 0 Å². The lowest BCUT2D eigenvalue weighted by molar-refractivity contribution is 0.273. The van der Waals surface area contributed by atoms with Gasteiger partial charge in [-0.05, 0) is 42.2 Å². The van der Waals surface area contributed by atoms with Gasteiger partial charge in [0.25, 0.3) is 0 Å². The number of aryl methyl sites for hydroxylation is 1. The molecular formula is C21H28N2O4S2. The third-order valence-electron chi connectivity index (χ3n) is 5.21. The lowest BCUT2D eigenvalue weighted by Crippen LogP contribution is -2.50. The standard InChI is InChI=1S/C21H28N2O4S2/c1-17-5-9-19(10-6-17)28(24,25)22-13-15-23(16-14-22)29(26,27)20-11-7-18(8-12-20)21(2,3)4/h5-12H,13-16H2,1-4H3. The van der Waals surface area contributed by atoms with Crippen LogP contribution in [-0.4, -0.2) is 51.6 Å². The predicted molar refractivity (Wildman–Crippen MR) is 114 cm³/mol. The fourth-order valence-corrected chi connectivity index (χ4v) is 6.13. The van der Waals surface area contributed by atoms with E-state index in [4.69, 9.17) is 0 Å². The maximum Gasteiger partial charge on any atom is 0.243 e. The summed E-state index contributed by atoms with van der Waals surface area (Å²) < 4.78 is 54.3. The summed E-state index contributed by atoms with van der Waals surface area (Å²) >= 11 is 0. The summed E-state index contributed by atoms with van der Waals surface area (Å²) in [4.78, 5) is 0.470. The van der Waals surface area contributed by atoms with Gasteiger partial charge in [0.15, 0.2) is 0 Å². The highest BCUT2D eigenvalue weighted by Crippen LogP contribution is 2.26. The fraction of sp³-hybridized carbons (Fsp3) is 0.429. The van der Waals surface area contributed by atoms with Crippen LogP contribution in [0.1, 0.15) is 31.9 Å². The van der Waals surface area contributed by atoms with Crippen LogP contribution in [0.5, 0.6) is 0 Å². The van der Waals surface area contributed by atoms with Crippen LogP contribution in [0, 0.1) is 6.92 Å². The van der Waals surface area contributed by atoms with Crippen LogP contribution in [-0.2, 0) is 25.5 Å². The monoisotopic (exact) mass is 436 g/mol. The fourth-order valence-electron chi connectivity index (χ4n) is 3.29. The maximum absolute atomic E-state index is 13.0. The summed E-state index contributed by atoms with van der Waals surface area (Å²) in [7, 11) is -7.27. The molecule has 29 heavy (non-hydrogen) atoms. The average Bonchev–Trinajstić information content (AvgIpc) is 2.68. The first-order chi connectivity index (χ1) is 13.4. The van der Waals surface area contributed by atoms with E-state index in [-0.39, 0.29) is 41.4 Å². The van der Waals surface area contributed by atoms with E-state index in [1.54, 1.807) is 36.4 Å². The molecule has 0 N–H and O–H groups in total. The molecule has 0 aliphatic carbocycles. The van der Waals surface area contributed by atoms with Crippen LogP contribution < -0.4 is 0 Å². The molecule has 0 bridgehead atoms. The minimum absolute atomic E-state index is 0.0573. The van der Waals surface area contributed by atoms with Crippen LogP contribution in [0.3, 0.4) is 0 Å². The van der Waals surface area contributed by atoms with Crippen molar-refractivity contribution in [3.8, 4) is 0 Å². The minimum Gasteiger partial charge on any atom is -0.207 e. The SMILES string of the molecule is Cc1ccc(S(=O)(=O)N2CCN(S(=O)(=O)c3ccc(C(C)(C)C)cc3)CC2)cc1. The van der Waals surface area contributed by atoms with E-state index >= 15 is 0 Å². The molecule has 6 nitrogen and oxygen atoms in total. The molecule has 0 saturated carbocycles. The topological polar surface area (TPSA) is 74.8 Å². The van der Waals surface area contributed by atoms with Gasteiger partial charge in [-0.2, -0.15) is 8.61 Å². The van der Waals surface area contributed by atoms with Gasteiger partial charge in [0.1, 0.15) is 0 Å². The van der Waals surface area contributed by atoms with Gasteiger partial charge in [-0.25, -0.2) is 16.8 Å². The van der Waals surface area contributed by atoms with Crippen LogP contribution in [0.2, 0.25) is 0 Å². The molecule has 1 aliphatic heterocycles. The highest BCUT2D eigenvalue weighted by molar-refractivity contribution is 7.89. The Balaban J connectivity index is 1.73. The van der Waals surface area contributed by atoms with Crippen molar-refractivity contribution in [2.45, 2.75) is 42.9 Å². The molecule has 1 saturated heterocycles. The summed E-state index contributed by atoms with van der Waals surface area (Å²) in [6.45, 7) is 8.65. The zero-order chi connectivity index (χ0) is 21.4. The van der Waals surface area contributed by atoms with Crippen LogP contribution in [0.15, 0.2) is 58.3 Å². The minimum atomic E-state index is -3.65. The maximum atomic E-state index is 13.0. The molecule has 158 valence electrons. The first-order valence-electron chi connectivity index (χ1n) is 9.60. The molecule has 0 spiro atoms. The second kappa shape index (κ2) is 7.83. The smallest absolute Gasteiger partial charge is 0.207 e. The van der Waals surface area contributed by atoms with Gasteiger partial charge in [0, 0.05) is 26.2 Å². The highest BCUT2D eigenvalue weighted by Gasteiger charge is 2.33. The van der Waals surface area contributed by atoms with Gasteiger partial charge in [0.05, 0.1) is 9.79 Å². The third-order valence-corrected chi connectivity index (χ3v) is 9.04. The number of piperazine rings is 1. The van der Waals surface area contributed by atoms with Crippen LogP contribution in [0.25, 0.3) is 0 Å². The Kier molecular flexibility index (Phi) is 5.93. The van der Waals surface area contributed by atoms with Crippen molar-refractivity contribution in [1.29, 1.82) is 0 Å². The molecule has 0 aromatic heterocycles. The number of hydrogen-bond acceptors (Lipinski definition) is 4. The van der Waals surface area contributed by atoms with Crippen molar-refractivity contribution in [2.75, 3.05) is 26.2 Å². The van der Waals surface area contributed by atoms with E-state index in [0.717, 1.165) is 11.1 Å². The van der Waals surface area contributed by atoms with Crippen molar-refractivity contribution in [1.82, 2.24) is 8.61 Å². The lowest BCUT2D eigenvalue weighted by atomic mass is 9.87. The Hall–Kier alpha value is -1.74. The Morgan fingerprint density at radius 1 is 0.655 bits per heavy atom. The largest absolute Gasteiger partial charge is 0.243 e. The van der Waals surface area contributed by atoms with Crippen molar-refractivity contribution in [3.05, 3.63) is 59.7 Å². The molecule has 0 amide bonds. The Bertz CT molecular complexity index is 1060. The second-order valence-electron chi connectivity index (χ2n) is 8.40. The van der Waals surface area contributed by atoms with E-state index in [1.165, 1.54) is 8.61 Å². The van der Waals surface area contributed by atoms with Gasteiger partial charge in [-0.1, -0.05) is 50.6 Å². The summed E-state index contributed by atoms with van der Waals surface area (Å²) in [5.74, 6) is 0. The summed E-state index contributed by atoms with van der Waals surface area (Å²) in [6.07, 6.45) is 0. The predicted octanol–water partition coefficient (Wildman–Crippen LogP) is 2.99. The van der Waals surface area contributed by atoms with Crippen LogP contribution >= 0.6 is 0 Å². The molecule has 3 rings (SSSR count). The molecule has 0 unspecified atom stereocenters. The molecule has 8 heteroatoms. The second-order valence-corrected chi connectivity index (χ2v) is 12.3. The number of hydrogen-bond donors (Lipinski definition) is 0. The third kappa shape index (κ3) is 4.55. The molecule has 1 aliphatic rings. The zero-order valence-electron chi connectivity index (χ0n) is 17.3. The van der Waals surface area contributed by atoms with Crippen molar-refractivity contribution in [2.24, 2.45) is 0 Å². The van der Waals surface area contributed by atoms with E-state index < -0.39 is 20.0 Å². The van der Waals surface area contributed by atoms with E-state index in [9.17, 15) is 16.8 Å². The first kappa shape index (κ1) is 22.0. The summed E-state index contributed by atoms with van der Waals surface area (Å²) in [6, 6.07) is 13.6. The number of benzene rings is 2. The van der Waals surface area contributed by atoms with E-state index in [2.05, 4.69) is 20.8 Å². The van der Waals surface area contributed by atoms with Crippen LogP contribution in [0.4, 0.5) is 0 Å². The van der Waals surface area contributed by atoms with Gasteiger partial charge >= 0.3 is 0 Å². The normalized spacial score (nSPS) is 17.4. The Labute approximate surface area is 174 Å². The molecule has 2 aromatic carbocycles. The quantitative estimate of drug-likeness (QED) is 0.738. The summed E-state index contributed by atoms with van der Waals surface area (Å²) in [5, 5.41) is 0. The molecule has 1 fully saturated rings. The van der Waals surface area contributed by atoms with Crippen molar-refractivity contribution >= 4 is 20.0 Å². The first-order valence-corrected chi connectivity index (χ1v) is 12.5. The lowest BCUT2D eigenvalue weighted by Gasteiger charge is -2.33. The van der Waals surface area contributed by atoms with E-state index in [1.807, 2.05) is 19.1 Å². The van der Waals surface area contributed by atoms with Gasteiger partial charge < -0.3 is 0 Å². The summed E-state index contributed by atoms with van der Waals surface area (Å²) in [5.41, 5.74) is 1.99. The van der Waals surface area contributed by atoms with Gasteiger partial charge in [-0.3, -0.25) is 0 Å². The molecular weight excluding hydrogens is 408 g/mol. The molecule has 0 atom stereocenters. The van der Waals surface area contributed by atoms with Gasteiger partial charge in [0.2, 0.25) is 20.0 Å². The zero-order valence-corrected chi connectivity index (χ0v) is 18.9. The average molecular weight is 437 g/mol. The molecule has 2 aromatic rings. The van der Waals surface area contributed by atoms with Crippen molar-refractivity contribution in [3.63, 3.8) is 0 Å². The number of sulfonamides is 2.